The highest BCUT2D eigenvalue weighted by Gasteiger charge is 2.20. The summed E-state index contributed by atoms with van der Waals surface area (Å²) in [5, 5.41) is 2.07. The van der Waals surface area contributed by atoms with Gasteiger partial charge in [0.1, 0.15) is 11.2 Å². The van der Waals surface area contributed by atoms with Crippen molar-refractivity contribution in [2.75, 3.05) is 4.72 Å². The standard InChI is InChI=1S/C13H10ClN3O2S2/c1-8-6-20-12-11(8)15-7-16-13(12)17-21(18,19)10-5-3-2-4-9(10)14/h2-7H,1H3,(H,15,16,17). The van der Waals surface area contributed by atoms with Crippen LogP contribution in [-0.2, 0) is 10.0 Å². The van der Waals surface area contributed by atoms with Crippen molar-refractivity contribution in [1.29, 1.82) is 0 Å². The molecule has 2 heterocycles. The molecule has 3 aromatic rings. The summed E-state index contributed by atoms with van der Waals surface area (Å²) >= 11 is 7.34. The molecule has 0 spiro atoms. The van der Waals surface area contributed by atoms with Gasteiger partial charge in [0, 0.05) is 0 Å². The molecule has 0 aliphatic carbocycles. The number of nitrogens with one attached hydrogen (secondary N) is 1. The summed E-state index contributed by atoms with van der Waals surface area (Å²) in [5.74, 6) is 0.262. The lowest BCUT2D eigenvalue weighted by Crippen LogP contribution is -2.14. The molecule has 0 unspecified atom stereocenters. The second-order valence-electron chi connectivity index (χ2n) is 4.35. The molecular weight excluding hydrogens is 330 g/mol. The van der Waals surface area contributed by atoms with Crippen LogP contribution in [0.2, 0.25) is 5.02 Å². The lowest BCUT2D eigenvalue weighted by molar-refractivity contribution is 0.601. The van der Waals surface area contributed by atoms with E-state index in [2.05, 4.69) is 14.7 Å². The average molecular weight is 340 g/mol. The monoisotopic (exact) mass is 339 g/mol. The first-order valence-corrected chi connectivity index (χ1v) is 8.69. The predicted octanol–water partition coefficient (Wildman–Crippen LogP) is 3.45. The highest BCUT2D eigenvalue weighted by molar-refractivity contribution is 7.92. The minimum Gasteiger partial charge on any atom is -0.262 e. The number of aromatic nitrogens is 2. The third-order valence-electron chi connectivity index (χ3n) is 2.89. The van der Waals surface area contributed by atoms with Crippen molar-refractivity contribution in [3.63, 3.8) is 0 Å². The molecule has 0 amide bonds. The summed E-state index contributed by atoms with van der Waals surface area (Å²) in [6.07, 6.45) is 1.34. The minimum atomic E-state index is -3.79. The number of hydrogen-bond donors (Lipinski definition) is 1. The molecule has 1 N–H and O–H groups in total. The fraction of sp³-hybridized carbons (Fsp3) is 0.0769. The van der Waals surface area contributed by atoms with Gasteiger partial charge in [-0.05, 0) is 30.0 Å². The Morgan fingerprint density at radius 3 is 2.76 bits per heavy atom. The zero-order valence-corrected chi connectivity index (χ0v) is 13.3. The molecule has 1 aromatic carbocycles. The van der Waals surface area contributed by atoms with Crippen LogP contribution in [0.15, 0.2) is 40.9 Å². The first-order chi connectivity index (χ1) is 9.99. The van der Waals surface area contributed by atoms with Crippen molar-refractivity contribution in [3.05, 3.63) is 46.6 Å². The average Bonchev–Trinajstić information content (AvgIpc) is 2.82. The van der Waals surface area contributed by atoms with Crippen LogP contribution in [0.1, 0.15) is 5.56 Å². The molecule has 0 bridgehead atoms. The van der Waals surface area contributed by atoms with Gasteiger partial charge in [-0.2, -0.15) is 0 Å². The fourth-order valence-corrected chi connectivity index (χ4v) is 4.44. The number of thiophene rings is 1. The number of rotatable bonds is 3. The summed E-state index contributed by atoms with van der Waals surface area (Å²) in [4.78, 5) is 8.21. The topological polar surface area (TPSA) is 72.0 Å². The van der Waals surface area contributed by atoms with Crippen molar-refractivity contribution in [3.8, 4) is 0 Å². The van der Waals surface area contributed by atoms with E-state index in [0.29, 0.717) is 4.70 Å². The van der Waals surface area contributed by atoms with Gasteiger partial charge in [-0.1, -0.05) is 23.7 Å². The van der Waals surface area contributed by atoms with E-state index in [1.807, 2.05) is 12.3 Å². The zero-order valence-electron chi connectivity index (χ0n) is 10.9. The molecule has 3 rings (SSSR count). The number of aryl methyl sites for hydroxylation is 1. The molecule has 21 heavy (non-hydrogen) atoms. The fourth-order valence-electron chi connectivity index (χ4n) is 1.89. The van der Waals surface area contributed by atoms with Gasteiger partial charge in [0.15, 0.2) is 5.82 Å². The molecule has 0 fully saturated rings. The van der Waals surface area contributed by atoms with E-state index < -0.39 is 10.0 Å². The van der Waals surface area contributed by atoms with E-state index in [1.54, 1.807) is 12.1 Å². The normalized spacial score (nSPS) is 11.7. The summed E-state index contributed by atoms with van der Waals surface area (Å²) in [6, 6.07) is 6.27. The van der Waals surface area contributed by atoms with Gasteiger partial charge < -0.3 is 0 Å². The Labute approximate surface area is 130 Å². The van der Waals surface area contributed by atoms with Crippen LogP contribution in [0.3, 0.4) is 0 Å². The van der Waals surface area contributed by atoms with Crippen LogP contribution >= 0.6 is 22.9 Å². The van der Waals surface area contributed by atoms with Gasteiger partial charge in [0.2, 0.25) is 0 Å². The number of benzene rings is 1. The first-order valence-electron chi connectivity index (χ1n) is 5.95. The van der Waals surface area contributed by atoms with Crippen LogP contribution in [-0.4, -0.2) is 18.4 Å². The minimum absolute atomic E-state index is 0.0201. The van der Waals surface area contributed by atoms with E-state index >= 15 is 0 Å². The Morgan fingerprint density at radius 2 is 2.00 bits per heavy atom. The maximum absolute atomic E-state index is 12.4. The Balaban J connectivity index is 2.08. The molecule has 0 saturated carbocycles. The van der Waals surface area contributed by atoms with E-state index in [4.69, 9.17) is 11.6 Å². The zero-order chi connectivity index (χ0) is 15.0. The van der Waals surface area contributed by atoms with E-state index in [0.717, 1.165) is 11.1 Å². The lowest BCUT2D eigenvalue weighted by atomic mass is 10.3. The Morgan fingerprint density at radius 1 is 1.24 bits per heavy atom. The molecule has 0 aliphatic heterocycles. The molecular formula is C13H10ClN3O2S2. The molecule has 8 heteroatoms. The maximum Gasteiger partial charge on any atom is 0.264 e. The number of nitrogens with zero attached hydrogens (tertiary/aromatic N) is 2. The highest BCUT2D eigenvalue weighted by atomic mass is 35.5. The van der Waals surface area contributed by atoms with Crippen LogP contribution in [0.4, 0.5) is 5.82 Å². The molecule has 2 aromatic heterocycles. The third kappa shape index (κ3) is 2.59. The van der Waals surface area contributed by atoms with Crippen molar-refractivity contribution in [1.82, 2.24) is 9.97 Å². The largest absolute Gasteiger partial charge is 0.264 e. The van der Waals surface area contributed by atoms with E-state index in [-0.39, 0.29) is 15.7 Å². The van der Waals surface area contributed by atoms with Gasteiger partial charge in [-0.15, -0.1) is 11.3 Å². The highest BCUT2D eigenvalue weighted by Crippen LogP contribution is 2.30. The van der Waals surface area contributed by atoms with Crippen molar-refractivity contribution in [2.45, 2.75) is 11.8 Å². The van der Waals surface area contributed by atoms with Gasteiger partial charge >= 0.3 is 0 Å². The van der Waals surface area contributed by atoms with E-state index in [1.165, 1.54) is 29.8 Å². The van der Waals surface area contributed by atoms with Gasteiger partial charge in [-0.3, -0.25) is 4.72 Å². The predicted molar refractivity (Wildman–Crippen MR) is 84.4 cm³/mol. The summed E-state index contributed by atoms with van der Waals surface area (Å²) in [6.45, 7) is 1.91. The third-order valence-corrected chi connectivity index (χ3v) is 5.82. The van der Waals surface area contributed by atoms with Crippen LogP contribution in [0.5, 0.6) is 0 Å². The number of anilines is 1. The summed E-state index contributed by atoms with van der Waals surface area (Å²) in [7, 11) is -3.79. The number of sulfonamides is 1. The Kier molecular flexibility index (Phi) is 3.56. The molecule has 108 valence electrons. The quantitative estimate of drug-likeness (QED) is 0.793. The molecule has 0 radical (unpaired) electrons. The summed E-state index contributed by atoms with van der Waals surface area (Å²) in [5.41, 5.74) is 1.72. The Hall–Kier alpha value is -1.70. The molecule has 5 nitrogen and oxygen atoms in total. The van der Waals surface area contributed by atoms with Crippen molar-refractivity contribution >= 4 is 49.0 Å². The van der Waals surface area contributed by atoms with Crippen LogP contribution in [0, 0.1) is 6.92 Å². The molecule has 0 saturated heterocycles. The molecule has 0 aliphatic rings. The van der Waals surface area contributed by atoms with Gasteiger partial charge in [0.05, 0.1) is 15.2 Å². The molecule has 0 atom stereocenters. The van der Waals surface area contributed by atoms with Crippen LogP contribution < -0.4 is 4.72 Å². The second kappa shape index (κ2) is 5.25. The van der Waals surface area contributed by atoms with Crippen molar-refractivity contribution in [2.24, 2.45) is 0 Å². The second-order valence-corrected chi connectivity index (χ2v) is 7.29. The maximum atomic E-state index is 12.4. The number of fused-ring (bicyclic) bond motifs is 1. The van der Waals surface area contributed by atoms with Crippen LogP contribution in [0.25, 0.3) is 10.2 Å². The Bertz CT molecular complexity index is 922. The van der Waals surface area contributed by atoms with Gasteiger partial charge in [-0.25, -0.2) is 18.4 Å². The SMILES string of the molecule is Cc1csc2c(NS(=O)(=O)c3ccccc3Cl)ncnc12. The first kappa shape index (κ1) is 14.2. The number of halogens is 1. The lowest BCUT2D eigenvalue weighted by Gasteiger charge is -2.09. The summed E-state index contributed by atoms with van der Waals surface area (Å²) < 4.78 is 28.0. The number of hydrogen-bond acceptors (Lipinski definition) is 5. The van der Waals surface area contributed by atoms with Crippen molar-refractivity contribution < 1.29 is 8.42 Å². The van der Waals surface area contributed by atoms with Gasteiger partial charge in [0.25, 0.3) is 10.0 Å². The van der Waals surface area contributed by atoms with E-state index in [9.17, 15) is 8.42 Å². The smallest absolute Gasteiger partial charge is 0.262 e.